The van der Waals surface area contributed by atoms with Gasteiger partial charge in [-0.2, -0.15) is 4.98 Å². The average molecular weight is 225 g/mol. The zero-order valence-corrected chi connectivity index (χ0v) is 9.56. The summed E-state index contributed by atoms with van der Waals surface area (Å²) in [7, 11) is 0. The molecule has 1 rings (SSSR count). The minimum Gasteiger partial charge on any atom is -0.459 e. The largest absolute Gasteiger partial charge is 0.459 e. The second kappa shape index (κ2) is 4.34. The number of anilines is 1. The zero-order valence-electron chi connectivity index (χ0n) is 9.56. The van der Waals surface area contributed by atoms with Crippen molar-refractivity contribution in [1.29, 1.82) is 0 Å². The van der Waals surface area contributed by atoms with Crippen molar-refractivity contribution < 1.29 is 9.53 Å². The fourth-order valence-electron chi connectivity index (χ4n) is 1.08. The van der Waals surface area contributed by atoms with Gasteiger partial charge in [-0.25, -0.2) is 4.79 Å². The third kappa shape index (κ3) is 3.72. The monoisotopic (exact) mass is 225 g/mol. The molecule has 0 amide bonds. The summed E-state index contributed by atoms with van der Waals surface area (Å²) in [5, 5.41) is 0. The fourth-order valence-corrected chi connectivity index (χ4v) is 1.08. The lowest BCUT2D eigenvalue weighted by Gasteiger charge is -2.19. The Hall–Kier alpha value is -1.85. The lowest BCUT2D eigenvalue weighted by Crippen LogP contribution is -2.31. The summed E-state index contributed by atoms with van der Waals surface area (Å²) in [6, 6.07) is 1.45. The molecule has 0 radical (unpaired) electrons. The molecule has 1 aromatic rings. The number of nitrogens with zero attached hydrogens (tertiary/aromatic N) is 2. The van der Waals surface area contributed by atoms with Crippen molar-refractivity contribution in [3.05, 3.63) is 22.7 Å². The molecule has 0 aliphatic rings. The molecule has 6 nitrogen and oxygen atoms in total. The van der Waals surface area contributed by atoms with E-state index in [1.54, 1.807) is 20.8 Å². The van der Waals surface area contributed by atoms with Crippen LogP contribution < -0.4 is 11.4 Å². The van der Waals surface area contributed by atoms with Crippen molar-refractivity contribution in [2.24, 2.45) is 0 Å². The van der Waals surface area contributed by atoms with Crippen molar-refractivity contribution >= 4 is 11.8 Å². The molecule has 1 aromatic heterocycles. The Morgan fingerprint density at radius 1 is 1.56 bits per heavy atom. The van der Waals surface area contributed by atoms with E-state index in [1.807, 2.05) is 0 Å². The molecule has 0 saturated carbocycles. The lowest BCUT2D eigenvalue weighted by molar-refractivity contribution is -0.155. The van der Waals surface area contributed by atoms with Crippen molar-refractivity contribution in [2.75, 3.05) is 5.73 Å². The number of nitrogen functional groups attached to an aromatic ring is 1. The molecule has 0 aliphatic heterocycles. The number of rotatable bonds is 2. The lowest BCUT2D eigenvalue weighted by atomic mass is 10.2. The Labute approximate surface area is 93.0 Å². The smallest absolute Gasteiger partial charge is 0.350 e. The summed E-state index contributed by atoms with van der Waals surface area (Å²) in [6.07, 6.45) is 1.41. The van der Waals surface area contributed by atoms with Crippen molar-refractivity contribution in [3.8, 4) is 0 Å². The van der Waals surface area contributed by atoms with Crippen molar-refractivity contribution in [2.45, 2.75) is 32.9 Å². The van der Waals surface area contributed by atoms with Crippen LogP contribution >= 0.6 is 0 Å². The molecule has 88 valence electrons. The van der Waals surface area contributed by atoms with E-state index in [0.717, 1.165) is 4.57 Å². The maximum atomic E-state index is 11.4. The van der Waals surface area contributed by atoms with Gasteiger partial charge >= 0.3 is 11.7 Å². The maximum Gasteiger partial charge on any atom is 0.350 e. The standard InChI is InChI=1S/C10H15N3O3/c1-10(2,3)16-8(14)6-13-5-4-7(11)12-9(13)15/h4-5H,6H2,1-3H3,(H2,11,12,15). The van der Waals surface area contributed by atoms with Crippen molar-refractivity contribution in [3.63, 3.8) is 0 Å². The Balaban J connectivity index is 2.74. The molecule has 0 saturated heterocycles. The van der Waals surface area contributed by atoms with E-state index in [2.05, 4.69) is 4.98 Å². The summed E-state index contributed by atoms with van der Waals surface area (Å²) >= 11 is 0. The molecular weight excluding hydrogens is 210 g/mol. The van der Waals surface area contributed by atoms with Crippen LogP contribution in [0.15, 0.2) is 17.1 Å². The SMILES string of the molecule is CC(C)(C)OC(=O)Cn1ccc(N)nc1=O. The predicted molar refractivity (Wildman–Crippen MR) is 58.8 cm³/mol. The van der Waals surface area contributed by atoms with E-state index in [1.165, 1.54) is 12.3 Å². The van der Waals surface area contributed by atoms with E-state index < -0.39 is 17.3 Å². The summed E-state index contributed by atoms with van der Waals surface area (Å²) in [6.45, 7) is 5.11. The van der Waals surface area contributed by atoms with Gasteiger partial charge in [-0.15, -0.1) is 0 Å². The molecule has 16 heavy (non-hydrogen) atoms. The van der Waals surface area contributed by atoms with Crippen LogP contribution in [0.1, 0.15) is 20.8 Å². The molecule has 0 atom stereocenters. The first-order valence-corrected chi connectivity index (χ1v) is 4.83. The second-order valence-electron chi connectivity index (χ2n) is 4.35. The minimum atomic E-state index is -0.568. The first-order valence-electron chi connectivity index (χ1n) is 4.83. The molecule has 1 heterocycles. The van der Waals surface area contributed by atoms with Crippen LogP contribution in [0.3, 0.4) is 0 Å². The van der Waals surface area contributed by atoms with Crippen LogP contribution in [0.2, 0.25) is 0 Å². The highest BCUT2D eigenvalue weighted by Crippen LogP contribution is 2.07. The fraction of sp³-hybridized carbons (Fsp3) is 0.500. The first kappa shape index (κ1) is 12.2. The van der Waals surface area contributed by atoms with E-state index in [-0.39, 0.29) is 12.4 Å². The van der Waals surface area contributed by atoms with Gasteiger partial charge < -0.3 is 10.5 Å². The summed E-state index contributed by atoms with van der Waals surface area (Å²) < 4.78 is 6.21. The molecule has 0 aromatic carbocycles. The zero-order chi connectivity index (χ0) is 12.3. The predicted octanol–water partition coefficient (Wildman–Crippen LogP) is 0.167. The molecular formula is C10H15N3O3. The van der Waals surface area contributed by atoms with Gasteiger partial charge in [0, 0.05) is 6.20 Å². The van der Waals surface area contributed by atoms with Crippen molar-refractivity contribution in [1.82, 2.24) is 9.55 Å². The highest BCUT2D eigenvalue weighted by molar-refractivity contribution is 5.69. The van der Waals surface area contributed by atoms with Gasteiger partial charge in [0.1, 0.15) is 18.0 Å². The number of carbonyl (C=O) groups is 1. The Bertz CT molecular complexity index is 445. The van der Waals surface area contributed by atoms with Crippen LogP contribution in [-0.2, 0) is 16.1 Å². The van der Waals surface area contributed by atoms with Gasteiger partial charge in [-0.05, 0) is 26.8 Å². The summed E-state index contributed by atoms with van der Waals surface area (Å²) in [4.78, 5) is 26.2. The highest BCUT2D eigenvalue weighted by Gasteiger charge is 2.16. The topological polar surface area (TPSA) is 87.2 Å². The number of esters is 1. The first-order chi connectivity index (χ1) is 7.28. The minimum absolute atomic E-state index is 0.130. The van der Waals surface area contributed by atoms with Crippen LogP contribution in [0.5, 0.6) is 0 Å². The Morgan fingerprint density at radius 2 is 2.19 bits per heavy atom. The number of hydrogen-bond acceptors (Lipinski definition) is 5. The van der Waals surface area contributed by atoms with Gasteiger partial charge in [0.05, 0.1) is 0 Å². The highest BCUT2D eigenvalue weighted by atomic mass is 16.6. The molecule has 0 bridgehead atoms. The van der Waals surface area contributed by atoms with E-state index in [4.69, 9.17) is 10.5 Å². The molecule has 0 unspecified atom stereocenters. The van der Waals surface area contributed by atoms with Crippen LogP contribution in [0, 0.1) is 0 Å². The normalized spacial score (nSPS) is 11.2. The van der Waals surface area contributed by atoms with Crippen LogP contribution in [0.4, 0.5) is 5.82 Å². The molecule has 0 spiro atoms. The third-order valence-electron chi connectivity index (χ3n) is 1.62. The van der Waals surface area contributed by atoms with Gasteiger partial charge in [0.2, 0.25) is 0 Å². The molecule has 2 N–H and O–H groups in total. The van der Waals surface area contributed by atoms with Gasteiger partial charge in [-0.1, -0.05) is 0 Å². The number of nitrogens with two attached hydrogens (primary N) is 1. The number of carbonyl (C=O) groups excluding carboxylic acids is 1. The third-order valence-corrected chi connectivity index (χ3v) is 1.62. The molecule has 0 aliphatic carbocycles. The quantitative estimate of drug-likeness (QED) is 0.725. The van der Waals surface area contributed by atoms with Crippen LogP contribution in [-0.4, -0.2) is 21.1 Å². The number of aromatic nitrogens is 2. The summed E-state index contributed by atoms with van der Waals surface area (Å²) in [5.41, 5.74) is 4.19. The maximum absolute atomic E-state index is 11.4. The number of ether oxygens (including phenoxy) is 1. The molecule has 6 heteroatoms. The van der Waals surface area contributed by atoms with E-state index in [9.17, 15) is 9.59 Å². The van der Waals surface area contributed by atoms with Crippen LogP contribution in [0.25, 0.3) is 0 Å². The Morgan fingerprint density at radius 3 is 2.69 bits per heavy atom. The molecule has 0 fully saturated rings. The Kier molecular flexibility index (Phi) is 3.31. The van der Waals surface area contributed by atoms with E-state index in [0.29, 0.717) is 0 Å². The number of hydrogen-bond donors (Lipinski definition) is 1. The average Bonchev–Trinajstić information content (AvgIpc) is 2.06. The van der Waals surface area contributed by atoms with Gasteiger partial charge in [-0.3, -0.25) is 9.36 Å². The van der Waals surface area contributed by atoms with E-state index >= 15 is 0 Å². The summed E-state index contributed by atoms with van der Waals surface area (Å²) in [5.74, 6) is -0.355. The second-order valence-corrected chi connectivity index (χ2v) is 4.35. The van der Waals surface area contributed by atoms with Gasteiger partial charge in [0.15, 0.2) is 0 Å². The van der Waals surface area contributed by atoms with Gasteiger partial charge in [0.25, 0.3) is 0 Å².